The monoisotopic (exact) mass is 439 g/mol. The first-order valence-corrected chi connectivity index (χ1v) is 11.1. The standard InChI is InChI=1S/C20H23Cl2N3O2S/c1-11-17-18(14-5-4-12(21)8-15(14)22)28-10-16(26)23-19(17)25(24-11)13-6-7-27-20(2,3)9-13/h4-5,8,13,18H,6-7,9-10H2,1-3H3,(H,23,26)/t13-,18+/m1/s1. The molecule has 2 atom stereocenters. The predicted octanol–water partition coefficient (Wildman–Crippen LogP) is 5.40. The Morgan fingerprint density at radius 2 is 2.14 bits per heavy atom. The van der Waals surface area contributed by atoms with Gasteiger partial charge in [0.05, 0.1) is 28.3 Å². The summed E-state index contributed by atoms with van der Waals surface area (Å²) < 4.78 is 7.86. The summed E-state index contributed by atoms with van der Waals surface area (Å²) in [5.74, 6) is 1.12. The van der Waals surface area contributed by atoms with Crippen LogP contribution in [0, 0.1) is 6.92 Å². The number of nitrogens with one attached hydrogen (secondary N) is 1. The Labute approximate surface area is 179 Å². The van der Waals surface area contributed by atoms with E-state index in [-0.39, 0.29) is 22.8 Å². The van der Waals surface area contributed by atoms with Gasteiger partial charge in [-0.25, -0.2) is 4.68 Å². The zero-order chi connectivity index (χ0) is 20.1. The summed E-state index contributed by atoms with van der Waals surface area (Å²) in [6.45, 7) is 6.87. The van der Waals surface area contributed by atoms with Crippen molar-refractivity contribution in [2.75, 3.05) is 17.7 Å². The molecule has 8 heteroatoms. The number of aryl methyl sites for hydroxylation is 1. The van der Waals surface area contributed by atoms with E-state index in [1.54, 1.807) is 17.8 Å². The molecule has 2 aromatic rings. The van der Waals surface area contributed by atoms with Gasteiger partial charge >= 0.3 is 0 Å². The number of fused-ring (bicyclic) bond motifs is 1. The lowest BCUT2D eigenvalue weighted by Crippen LogP contribution is -2.36. The second-order valence-corrected chi connectivity index (χ2v) is 9.89. The van der Waals surface area contributed by atoms with Gasteiger partial charge in [-0.3, -0.25) is 4.79 Å². The van der Waals surface area contributed by atoms with E-state index in [2.05, 4.69) is 19.2 Å². The molecule has 1 amide bonds. The highest BCUT2D eigenvalue weighted by Gasteiger charge is 2.36. The Bertz CT molecular complexity index is 928. The van der Waals surface area contributed by atoms with Crippen LogP contribution in [0.3, 0.4) is 0 Å². The molecule has 5 nitrogen and oxygen atoms in total. The zero-order valence-electron chi connectivity index (χ0n) is 16.1. The minimum Gasteiger partial charge on any atom is -0.375 e. The molecule has 0 spiro atoms. The molecule has 2 aliphatic heterocycles. The fraction of sp³-hybridized carbons (Fsp3) is 0.500. The molecule has 2 aliphatic rings. The summed E-state index contributed by atoms with van der Waals surface area (Å²) in [5, 5.41) is 9.06. The van der Waals surface area contributed by atoms with E-state index < -0.39 is 0 Å². The van der Waals surface area contributed by atoms with E-state index in [1.165, 1.54) is 0 Å². The van der Waals surface area contributed by atoms with E-state index >= 15 is 0 Å². The SMILES string of the molecule is Cc1nn([C@@H]2CCOC(C)(C)C2)c2c1[C@H](c1ccc(Cl)cc1Cl)SCC(=O)N2. The molecule has 1 fully saturated rings. The number of carbonyl (C=O) groups excluding carboxylic acids is 1. The number of anilines is 1. The number of hydrogen-bond donors (Lipinski definition) is 1. The summed E-state index contributed by atoms with van der Waals surface area (Å²) >= 11 is 14.2. The Balaban J connectivity index is 1.81. The largest absolute Gasteiger partial charge is 0.375 e. The number of nitrogens with zero attached hydrogens (tertiary/aromatic N) is 2. The minimum atomic E-state index is -0.210. The van der Waals surface area contributed by atoms with E-state index in [0.29, 0.717) is 22.4 Å². The molecule has 4 rings (SSSR count). The second kappa shape index (κ2) is 7.56. The molecular formula is C20H23Cl2N3O2S. The van der Waals surface area contributed by atoms with E-state index in [1.807, 2.05) is 23.7 Å². The number of thioether (sulfide) groups is 1. The van der Waals surface area contributed by atoms with E-state index in [4.69, 9.17) is 33.0 Å². The molecule has 0 unspecified atom stereocenters. The van der Waals surface area contributed by atoms with Crippen LogP contribution in [0.4, 0.5) is 5.82 Å². The fourth-order valence-electron chi connectivity index (χ4n) is 4.04. The average Bonchev–Trinajstić information content (AvgIpc) is 2.81. The predicted molar refractivity (Wildman–Crippen MR) is 115 cm³/mol. The molecule has 150 valence electrons. The van der Waals surface area contributed by atoms with Gasteiger partial charge in [-0.05, 0) is 51.3 Å². The normalized spacial score (nSPS) is 24.4. The maximum Gasteiger partial charge on any atom is 0.235 e. The lowest BCUT2D eigenvalue weighted by molar-refractivity contribution is -0.113. The average molecular weight is 440 g/mol. The summed E-state index contributed by atoms with van der Waals surface area (Å²) in [7, 11) is 0. The highest BCUT2D eigenvalue weighted by molar-refractivity contribution is 8.00. The van der Waals surface area contributed by atoms with Crippen molar-refractivity contribution in [1.29, 1.82) is 0 Å². The molecule has 0 aliphatic carbocycles. The van der Waals surface area contributed by atoms with Gasteiger partial charge < -0.3 is 10.1 Å². The van der Waals surface area contributed by atoms with Crippen LogP contribution in [-0.4, -0.2) is 33.6 Å². The molecular weight excluding hydrogens is 417 g/mol. The van der Waals surface area contributed by atoms with Crippen molar-refractivity contribution in [3.8, 4) is 0 Å². The van der Waals surface area contributed by atoms with Gasteiger partial charge in [0, 0.05) is 22.2 Å². The smallest absolute Gasteiger partial charge is 0.235 e. The molecule has 1 saturated heterocycles. The third-order valence-electron chi connectivity index (χ3n) is 5.29. The van der Waals surface area contributed by atoms with Gasteiger partial charge in [-0.15, -0.1) is 11.8 Å². The molecule has 0 bridgehead atoms. The molecule has 0 saturated carbocycles. The van der Waals surface area contributed by atoms with Gasteiger partial charge in [-0.1, -0.05) is 29.3 Å². The van der Waals surface area contributed by atoms with Crippen LogP contribution in [0.1, 0.15) is 54.8 Å². The van der Waals surface area contributed by atoms with Crippen LogP contribution in [0.25, 0.3) is 0 Å². The van der Waals surface area contributed by atoms with Crippen molar-refractivity contribution in [3.05, 3.63) is 45.1 Å². The first-order chi connectivity index (χ1) is 13.2. The minimum absolute atomic E-state index is 0.0219. The van der Waals surface area contributed by atoms with Crippen LogP contribution in [-0.2, 0) is 9.53 Å². The number of hydrogen-bond acceptors (Lipinski definition) is 4. The Kier molecular flexibility index (Phi) is 5.42. The van der Waals surface area contributed by atoms with Crippen molar-refractivity contribution in [3.63, 3.8) is 0 Å². The first-order valence-electron chi connectivity index (χ1n) is 9.34. The van der Waals surface area contributed by atoms with Crippen molar-refractivity contribution >= 4 is 46.7 Å². The highest BCUT2D eigenvalue weighted by atomic mass is 35.5. The number of carbonyl (C=O) groups is 1. The Hall–Kier alpha value is -1.21. The Morgan fingerprint density at radius 1 is 1.36 bits per heavy atom. The number of ether oxygens (including phenoxy) is 1. The van der Waals surface area contributed by atoms with Gasteiger partial charge in [-0.2, -0.15) is 5.10 Å². The van der Waals surface area contributed by atoms with Crippen molar-refractivity contribution < 1.29 is 9.53 Å². The number of halogens is 2. The van der Waals surface area contributed by atoms with Gasteiger partial charge in [0.15, 0.2) is 0 Å². The van der Waals surface area contributed by atoms with E-state index in [0.717, 1.165) is 35.5 Å². The van der Waals surface area contributed by atoms with Gasteiger partial charge in [0.25, 0.3) is 0 Å². The molecule has 1 aromatic heterocycles. The lowest BCUT2D eigenvalue weighted by atomic mass is 9.94. The summed E-state index contributed by atoms with van der Waals surface area (Å²) in [6, 6.07) is 5.70. The third kappa shape index (κ3) is 3.80. The fourth-order valence-corrected chi connectivity index (χ4v) is 5.85. The van der Waals surface area contributed by atoms with Crippen LogP contribution < -0.4 is 5.32 Å². The van der Waals surface area contributed by atoms with Crippen LogP contribution in [0.5, 0.6) is 0 Å². The Morgan fingerprint density at radius 3 is 2.86 bits per heavy atom. The lowest BCUT2D eigenvalue weighted by Gasteiger charge is -2.36. The maximum atomic E-state index is 12.5. The quantitative estimate of drug-likeness (QED) is 0.679. The third-order valence-corrected chi connectivity index (χ3v) is 7.11. The summed E-state index contributed by atoms with van der Waals surface area (Å²) in [5.41, 5.74) is 2.66. The van der Waals surface area contributed by atoms with Crippen molar-refractivity contribution in [1.82, 2.24) is 9.78 Å². The van der Waals surface area contributed by atoms with Crippen molar-refractivity contribution in [2.24, 2.45) is 0 Å². The molecule has 28 heavy (non-hydrogen) atoms. The molecule has 0 radical (unpaired) electrons. The zero-order valence-corrected chi connectivity index (χ0v) is 18.4. The maximum absolute atomic E-state index is 12.5. The molecule has 1 N–H and O–H groups in total. The topological polar surface area (TPSA) is 56.2 Å². The summed E-state index contributed by atoms with van der Waals surface area (Å²) in [4.78, 5) is 12.5. The van der Waals surface area contributed by atoms with E-state index in [9.17, 15) is 4.79 Å². The van der Waals surface area contributed by atoms with Crippen LogP contribution in [0.15, 0.2) is 18.2 Å². The van der Waals surface area contributed by atoms with Gasteiger partial charge in [0.1, 0.15) is 5.82 Å². The number of amides is 1. The van der Waals surface area contributed by atoms with Gasteiger partial charge in [0.2, 0.25) is 5.91 Å². The second-order valence-electron chi connectivity index (χ2n) is 7.95. The molecule has 1 aromatic carbocycles. The first kappa shape index (κ1) is 20.1. The number of rotatable bonds is 2. The number of aromatic nitrogens is 2. The van der Waals surface area contributed by atoms with Crippen LogP contribution >= 0.6 is 35.0 Å². The molecule has 3 heterocycles. The number of benzene rings is 1. The van der Waals surface area contributed by atoms with Crippen LogP contribution in [0.2, 0.25) is 10.0 Å². The van der Waals surface area contributed by atoms with Crippen molar-refractivity contribution in [2.45, 2.75) is 50.5 Å². The summed E-state index contributed by atoms with van der Waals surface area (Å²) in [6.07, 6.45) is 1.71. The highest BCUT2D eigenvalue weighted by Crippen LogP contribution is 2.47.